The van der Waals surface area contributed by atoms with Gasteiger partial charge < -0.3 is 5.11 Å². The van der Waals surface area contributed by atoms with Gasteiger partial charge in [0.1, 0.15) is 0 Å². The Morgan fingerprint density at radius 2 is 2.15 bits per heavy atom. The molecule has 0 unspecified atom stereocenters. The molecule has 0 aliphatic rings. The maximum Gasteiger partial charge on any atom is 0.324 e. The standard InChI is InChI=1S/C11H13FN2O5S/c1-2-6-13(7-8-15)20(18,19)10-5-3-4-9(12)11(10)14(16)17/h2-5,15H,1,6-8H2. The first-order chi connectivity index (χ1) is 9.36. The van der Waals surface area contributed by atoms with Gasteiger partial charge in [-0.25, -0.2) is 8.42 Å². The van der Waals surface area contributed by atoms with Crippen LogP contribution in [0.25, 0.3) is 0 Å². The Morgan fingerprint density at radius 3 is 2.65 bits per heavy atom. The second-order valence-electron chi connectivity index (χ2n) is 3.72. The number of hydrogen-bond acceptors (Lipinski definition) is 5. The molecule has 1 N–H and O–H groups in total. The van der Waals surface area contributed by atoms with E-state index in [-0.39, 0.29) is 13.1 Å². The van der Waals surface area contributed by atoms with E-state index in [1.807, 2.05) is 0 Å². The second-order valence-corrected chi connectivity index (χ2v) is 5.63. The molecule has 1 rings (SSSR count). The summed E-state index contributed by atoms with van der Waals surface area (Å²) in [6, 6.07) is 2.82. The predicted octanol–water partition coefficient (Wildman–Crippen LogP) is 0.903. The van der Waals surface area contributed by atoms with Crippen LogP contribution in [0.15, 0.2) is 35.7 Å². The fraction of sp³-hybridized carbons (Fsp3) is 0.273. The van der Waals surface area contributed by atoms with Gasteiger partial charge in [0.25, 0.3) is 0 Å². The van der Waals surface area contributed by atoms with Crippen molar-refractivity contribution in [2.75, 3.05) is 19.7 Å². The maximum atomic E-state index is 13.5. The summed E-state index contributed by atoms with van der Waals surface area (Å²) in [6.45, 7) is 2.46. The van der Waals surface area contributed by atoms with E-state index in [1.54, 1.807) is 0 Å². The topological polar surface area (TPSA) is 101 Å². The average molecular weight is 304 g/mol. The Morgan fingerprint density at radius 1 is 1.50 bits per heavy atom. The average Bonchev–Trinajstić information content (AvgIpc) is 2.37. The van der Waals surface area contributed by atoms with Gasteiger partial charge in [0, 0.05) is 13.1 Å². The van der Waals surface area contributed by atoms with Crippen LogP contribution in [0.2, 0.25) is 0 Å². The van der Waals surface area contributed by atoms with E-state index >= 15 is 0 Å². The number of nitro benzene ring substituents is 1. The maximum absolute atomic E-state index is 13.5. The van der Waals surface area contributed by atoms with Crippen LogP contribution in [-0.2, 0) is 10.0 Å². The van der Waals surface area contributed by atoms with Crippen molar-refractivity contribution in [3.8, 4) is 0 Å². The van der Waals surface area contributed by atoms with Crippen molar-refractivity contribution in [3.05, 3.63) is 46.8 Å². The van der Waals surface area contributed by atoms with Crippen molar-refractivity contribution in [1.29, 1.82) is 0 Å². The molecule has 0 heterocycles. The first-order valence-electron chi connectivity index (χ1n) is 5.51. The van der Waals surface area contributed by atoms with Gasteiger partial charge in [0.05, 0.1) is 11.5 Å². The summed E-state index contributed by atoms with van der Waals surface area (Å²) in [5.41, 5.74) is -1.11. The fourth-order valence-electron chi connectivity index (χ4n) is 1.59. The monoisotopic (exact) mass is 304 g/mol. The molecule has 7 nitrogen and oxygen atoms in total. The molecule has 0 radical (unpaired) electrons. The predicted molar refractivity (Wildman–Crippen MR) is 69.1 cm³/mol. The zero-order valence-corrected chi connectivity index (χ0v) is 11.2. The Hall–Kier alpha value is -1.84. The van der Waals surface area contributed by atoms with Gasteiger partial charge in [-0.15, -0.1) is 6.58 Å². The molecular weight excluding hydrogens is 291 g/mol. The van der Waals surface area contributed by atoms with Gasteiger partial charge in [0.2, 0.25) is 15.8 Å². The highest BCUT2D eigenvalue weighted by molar-refractivity contribution is 7.89. The van der Waals surface area contributed by atoms with E-state index < -0.39 is 38.0 Å². The molecule has 0 amide bonds. The van der Waals surface area contributed by atoms with Crippen molar-refractivity contribution in [2.45, 2.75) is 4.90 Å². The molecule has 0 aliphatic carbocycles. The van der Waals surface area contributed by atoms with Gasteiger partial charge in [-0.3, -0.25) is 10.1 Å². The highest BCUT2D eigenvalue weighted by Crippen LogP contribution is 2.29. The molecule has 0 aliphatic heterocycles. The molecule has 0 fully saturated rings. The number of sulfonamides is 1. The molecule has 1 aromatic rings. The smallest absolute Gasteiger partial charge is 0.324 e. The lowest BCUT2D eigenvalue weighted by atomic mass is 10.3. The van der Waals surface area contributed by atoms with Gasteiger partial charge in [-0.1, -0.05) is 12.1 Å². The highest BCUT2D eigenvalue weighted by atomic mass is 32.2. The molecule has 0 atom stereocenters. The molecule has 110 valence electrons. The number of halogens is 1. The van der Waals surface area contributed by atoms with Crippen LogP contribution in [0.5, 0.6) is 0 Å². The minimum atomic E-state index is -4.30. The van der Waals surface area contributed by atoms with Crippen LogP contribution in [0.1, 0.15) is 0 Å². The summed E-state index contributed by atoms with van der Waals surface area (Å²) < 4.78 is 38.8. The number of aliphatic hydroxyl groups is 1. The van der Waals surface area contributed by atoms with Crippen molar-refractivity contribution >= 4 is 15.7 Å². The van der Waals surface area contributed by atoms with Crippen molar-refractivity contribution in [3.63, 3.8) is 0 Å². The summed E-state index contributed by atoms with van der Waals surface area (Å²) in [4.78, 5) is 9.00. The Balaban J connectivity index is 3.44. The number of aliphatic hydroxyl groups excluding tert-OH is 1. The molecule has 0 saturated heterocycles. The lowest BCUT2D eigenvalue weighted by Gasteiger charge is -2.19. The first kappa shape index (κ1) is 16.2. The molecular formula is C11H13FN2O5S. The third kappa shape index (κ3) is 3.18. The number of rotatable bonds is 7. The van der Waals surface area contributed by atoms with Gasteiger partial charge >= 0.3 is 5.69 Å². The molecule has 0 bridgehead atoms. The van der Waals surface area contributed by atoms with Crippen LogP contribution in [0.3, 0.4) is 0 Å². The van der Waals surface area contributed by atoms with E-state index in [0.717, 1.165) is 22.5 Å². The first-order valence-corrected chi connectivity index (χ1v) is 6.95. The van der Waals surface area contributed by atoms with E-state index in [2.05, 4.69) is 6.58 Å². The zero-order valence-electron chi connectivity index (χ0n) is 10.4. The van der Waals surface area contributed by atoms with Crippen LogP contribution in [0, 0.1) is 15.9 Å². The molecule has 0 saturated carbocycles. The Kier molecular flexibility index (Phi) is 5.31. The van der Waals surface area contributed by atoms with Crippen molar-refractivity contribution in [2.24, 2.45) is 0 Å². The third-order valence-electron chi connectivity index (χ3n) is 2.43. The molecule has 20 heavy (non-hydrogen) atoms. The lowest BCUT2D eigenvalue weighted by Crippen LogP contribution is -2.34. The minimum Gasteiger partial charge on any atom is -0.395 e. The Labute approximate surface area is 115 Å². The largest absolute Gasteiger partial charge is 0.395 e. The summed E-state index contributed by atoms with van der Waals surface area (Å²) in [7, 11) is -4.30. The van der Waals surface area contributed by atoms with Gasteiger partial charge in [-0.2, -0.15) is 8.70 Å². The molecule has 9 heteroatoms. The second kappa shape index (κ2) is 6.55. The number of nitrogens with zero attached hydrogens (tertiary/aromatic N) is 2. The Bertz CT molecular complexity index is 617. The van der Waals surface area contributed by atoms with Gasteiger partial charge in [-0.05, 0) is 12.1 Å². The van der Waals surface area contributed by atoms with E-state index in [0.29, 0.717) is 0 Å². The number of para-hydroxylation sites is 1. The van der Waals surface area contributed by atoms with Crippen molar-refractivity contribution < 1.29 is 22.8 Å². The van der Waals surface area contributed by atoms with Crippen LogP contribution < -0.4 is 0 Å². The number of nitro groups is 1. The molecule has 0 spiro atoms. The van der Waals surface area contributed by atoms with E-state index in [4.69, 9.17) is 5.11 Å². The zero-order chi connectivity index (χ0) is 15.3. The summed E-state index contributed by atoms with van der Waals surface area (Å²) in [5, 5.41) is 19.7. The van der Waals surface area contributed by atoms with E-state index in [1.165, 1.54) is 6.08 Å². The SMILES string of the molecule is C=CCN(CCO)S(=O)(=O)c1cccc(F)c1[N+](=O)[O-]. The third-order valence-corrected chi connectivity index (χ3v) is 4.33. The normalized spacial score (nSPS) is 11.6. The lowest BCUT2D eigenvalue weighted by molar-refractivity contribution is -0.390. The molecule has 0 aromatic heterocycles. The van der Waals surface area contributed by atoms with Crippen LogP contribution in [0.4, 0.5) is 10.1 Å². The van der Waals surface area contributed by atoms with Gasteiger partial charge in [0.15, 0.2) is 4.90 Å². The molecule has 1 aromatic carbocycles. The highest BCUT2D eigenvalue weighted by Gasteiger charge is 2.33. The van der Waals surface area contributed by atoms with Crippen LogP contribution in [-0.4, -0.2) is 42.4 Å². The summed E-state index contributed by atoms with van der Waals surface area (Å²) in [6.07, 6.45) is 1.26. The number of benzene rings is 1. The number of hydrogen-bond donors (Lipinski definition) is 1. The van der Waals surface area contributed by atoms with E-state index in [9.17, 15) is 22.9 Å². The summed E-state index contributed by atoms with van der Waals surface area (Å²) in [5.74, 6) is -1.24. The van der Waals surface area contributed by atoms with Crippen LogP contribution >= 0.6 is 0 Å². The fourth-order valence-corrected chi connectivity index (χ4v) is 3.15. The summed E-state index contributed by atoms with van der Waals surface area (Å²) >= 11 is 0. The minimum absolute atomic E-state index is 0.156. The quantitative estimate of drug-likeness (QED) is 0.458. The van der Waals surface area contributed by atoms with Crippen molar-refractivity contribution in [1.82, 2.24) is 4.31 Å².